The summed E-state index contributed by atoms with van der Waals surface area (Å²) in [6, 6.07) is 9.23. The second kappa shape index (κ2) is 9.95. The van der Waals surface area contributed by atoms with Crippen molar-refractivity contribution in [1.82, 2.24) is 0 Å². The van der Waals surface area contributed by atoms with Crippen LogP contribution in [0.15, 0.2) is 48.6 Å². The largest absolute Gasteiger partial charge is 0.504 e. The normalized spacial score (nSPS) is 9.88. The van der Waals surface area contributed by atoms with E-state index < -0.39 is 5.91 Å². The summed E-state index contributed by atoms with van der Waals surface area (Å²) < 4.78 is 0. The molecule has 2 aromatic carbocycles. The third-order valence-electron chi connectivity index (χ3n) is 3.58. The Morgan fingerprint density at radius 2 is 1.31 bits per heavy atom. The second-order valence-corrected chi connectivity index (χ2v) is 5.65. The van der Waals surface area contributed by atoms with Gasteiger partial charge in [-0.25, -0.2) is 0 Å². The highest BCUT2D eigenvalue weighted by atomic mass is 16.3. The van der Waals surface area contributed by atoms with E-state index in [1.54, 1.807) is 12.1 Å². The van der Waals surface area contributed by atoms with Crippen molar-refractivity contribution < 1.29 is 25.2 Å². The molecule has 0 aliphatic carbocycles. The summed E-state index contributed by atoms with van der Waals surface area (Å²) >= 11 is 0. The van der Waals surface area contributed by atoms with Gasteiger partial charge < -0.3 is 31.9 Å². The standard InChI is InChI=1S/C11H13NO3.C8H11NO2/c1-7(11(12)15)2-3-8-4-5-9(13)10(14)6-8;9-4-3-6-1-2-7(10)8(11)5-6/h4-6,13-14H,1-3H2,(H2,12,15);1-2,5,10-11H,3-4,9H2. The number of rotatable bonds is 6. The summed E-state index contributed by atoms with van der Waals surface area (Å²) in [5.41, 5.74) is 12.4. The molecule has 8 N–H and O–H groups in total. The number of primary amides is 1. The van der Waals surface area contributed by atoms with Gasteiger partial charge in [-0.15, -0.1) is 0 Å². The van der Waals surface area contributed by atoms with Crippen LogP contribution in [0.1, 0.15) is 17.5 Å². The lowest BCUT2D eigenvalue weighted by atomic mass is 10.0. The molecular weight excluding hydrogens is 336 g/mol. The average Bonchev–Trinajstić information content (AvgIpc) is 2.59. The SMILES string of the molecule is C=C(CCc1ccc(O)c(O)c1)C(N)=O.NCCc1ccc(O)c(O)c1. The van der Waals surface area contributed by atoms with E-state index in [1.807, 2.05) is 0 Å². The van der Waals surface area contributed by atoms with Crippen molar-refractivity contribution in [3.05, 3.63) is 59.7 Å². The van der Waals surface area contributed by atoms with Gasteiger partial charge >= 0.3 is 0 Å². The Labute approximate surface area is 151 Å². The van der Waals surface area contributed by atoms with Gasteiger partial charge in [0.2, 0.25) is 5.91 Å². The fraction of sp³-hybridized carbons (Fsp3) is 0.211. The van der Waals surface area contributed by atoms with Crippen molar-refractivity contribution >= 4 is 5.91 Å². The molecule has 2 aromatic rings. The molecule has 0 bridgehead atoms. The second-order valence-electron chi connectivity index (χ2n) is 5.65. The highest BCUT2D eigenvalue weighted by Crippen LogP contribution is 2.26. The summed E-state index contributed by atoms with van der Waals surface area (Å²) in [4.78, 5) is 10.7. The maximum Gasteiger partial charge on any atom is 0.244 e. The quantitative estimate of drug-likeness (QED) is 0.341. The van der Waals surface area contributed by atoms with E-state index in [1.165, 1.54) is 24.3 Å². The van der Waals surface area contributed by atoms with Crippen LogP contribution in [0.25, 0.3) is 0 Å². The summed E-state index contributed by atoms with van der Waals surface area (Å²) in [5.74, 6) is -1.02. The molecule has 2 rings (SSSR count). The number of nitrogens with two attached hydrogens (primary N) is 2. The number of carbonyl (C=O) groups is 1. The lowest BCUT2D eigenvalue weighted by molar-refractivity contribution is -0.114. The van der Waals surface area contributed by atoms with Gasteiger partial charge in [0.05, 0.1) is 0 Å². The fourth-order valence-corrected chi connectivity index (χ4v) is 2.03. The van der Waals surface area contributed by atoms with Crippen LogP contribution in [-0.2, 0) is 17.6 Å². The van der Waals surface area contributed by atoms with E-state index in [4.69, 9.17) is 26.8 Å². The highest BCUT2D eigenvalue weighted by Gasteiger charge is 2.04. The molecule has 0 aliphatic heterocycles. The molecule has 0 saturated carbocycles. The predicted octanol–water partition coefficient (Wildman–Crippen LogP) is 1.67. The lowest BCUT2D eigenvalue weighted by Crippen LogP contribution is -2.13. The van der Waals surface area contributed by atoms with Crippen molar-refractivity contribution in [2.75, 3.05) is 6.54 Å². The zero-order valence-electron chi connectivity index (χ0n) is 14.4. The molecule has 0 radical (unpaired) electrons. The van der Waals surface area contributed by atoms with E-state index in [2.05, 4.69) is 6.58 Å². The van der Waals surface area contributed by atoms with Crippen LogP contribution >= 0.6 is 0 Å². The van der Waals surface area contributed by atoms with Crippen LogP contribution in [0.2, 0.25) is 0 Å². The van der Waals surface area contributed by atoms with E-state index >= 15 is 0 Å². The minimum atomic E-state index is -0.516. The van der Waals surface area contributed by atoms with Crippen LogP contribution in [0.4, 0.5) is 0 Å². The van der Waals surface area contributed by atoms with Gasteiger partial charge in [-0.3, -0.25) is 4.79 Å². The molecule has 0 saturated heterocycles. The van der Waals surface area contributed by atoms with Crippen LogP contribution < -0.4 is 11.5 Å². The van der Waals surface area contributed by atoms with Gasteiger partial charge in [-0.1, -0.05) is 18.7 Å². The Hall–Kier alpha value is -3.19. The molecule has 0 aliphatic rings. The number of hydrogen-bond acceptors (Lipinski definition) is 6. The van der Waals surface area contributed by atoms with Gasteiger partial charge in [-0.2, -0.15) is 0 Å². The predicted molar refractivity (Wildman–Crippen MR) is 99.0 cm³/mol. The number of phenols is 4. The first-order valence-electron chi connectivity index (χ1n) is 7.94. The first kappa shape index (κ1) is 20.9. The zero-order chi connectivity index (χ0) is 19.7. The summed E-state index contributed by atoms with van der Waals surface area (Å²) in [6.07, 6.45) is 1.71. The molecular formula is C19H24N2O5. The van der Waals surface area contributed by atoms with Gasteiger partial charge in [0.25, 0.3) is 0 Å². The minimum Gasteiger partial charge on any atom is -0.504 e. The monoisotopic (exact) mass is 360 g/mol. The third-order valence-corrected chi connectivity index (χ3v) is 3.58. The number of hydrogen-bond donors (Lipinski definition) is 6. The molecule has 0 fully saturated rings. The smallest absolute Gasteiger partial charge is 0.244 e. The van der Waals surface area contributed by atoms with E-state index in [0.29, 0.717) is 31.4 Å². The number of aryl methyl sites for hydroxylation is 1. The van der Waals surface area contributed by atoms with Gasteiger partial charge in [0.15, 0.2) is 23.0 Å². The molecule has 1 amide bonds. The molecule has 0 heterocycles. The van der Waals surface area contributed by atoms with E-state index in [-0.39, 0.29) is 23.0 Å². The molecule has 26 heavy (non-hydrogen) atoms. The van der Waals surface area contributed by atoms with Crippen LogP contribution in [0.3, 0.4) is 0 Å². The molecule has 0 unspecified atom stereocenters. The molecule has 0 atom stereocenters. The fourth-order valence-electron chi connectivity index (χ4n) is 2.03. The van der Waals surface area contributed by atoms with Crippen molar-refractivity contribution in [1.29, 1.82) is 0 Å². The van der Waals surface area contributed by atoms with Gasteiger partial charge in [0.1, 0.15) is 0 Å². The van der Waals surface area contributed by atoms with Crippen molar-refractivity contribution in [3.8, 4) is 23.0 Å². The lowest BCUT2D eigenvalue weighted by Gasteiger charge is -2.03. The summed E-state index contributed by atoms with van der Waals surface area (Å²) in [5, 5.41) is 36.2. The molecule has 7 heteroatoms. The van der Waals surface area contributed by atoms with E-state index in [9.17, 15) is 9.90 Å². The first-order valence-corrected chi connectivity index (χ1v) is 7.94. The maximum atomic E-state index is 10.7. The number of carbonyl (C=O) groups excluding carboxylic acids is 1. The topological polar surface area (TPSA) is 150 Å². The zero-order valence-corrected chi connectivity index (χ0v) is 14.4. The Kier molecular flexibility index (Phi) is 7.98. The highest BCUT2D eigenvalue weighted by molar-refractivity contribution is 5.91. The number of phenolic OH excluding ortho intramolecular Hbond substituents is 4. The van der Waals surface area contributed by atoms with Crippen molar-refractivity contribution in [3.63, 3.8) is 0 Å². The van der Waals surface area contributed by atoms with Gasteiger partial charge in [-0.05, 0) is 61.2 Å². The number of benzene rings is 2. The Morgan fingerprint density at radius 1 is 0.846 bits per heavy atom. The summed E-state index contributed by atoms with van der Waals surface area (Å²) in [6.45, 7) is 4.07. The Morgan fingerprint density at radius 3 is 1.69 bits per heavy atom. The Bertz CT molecular complexity index is 775. The average molecular weight is 360 g/mol. The Balaban J connectivity index is 0.000000273. The summed E-state index contributed by atoms with van der Waals surface area (Å²) in [7, 11) is 0. The first-order chi connectivity index (χ1) is 12.2. The van der Waals surface area contributed by atoms with Crippen LogP contribution in [0.5, 0.6) is 23.0 Å². The van der Waals surface area contributed by atoms with Crippen LogP contribution in [-0.4, -0.2) is 32.9 Å². The van der Waals surface area contributed by atoms with Gasteiger partial charge in [0, 0.05) is 5.57 Å². The number of amides is 1. The molecule has 0 spiro atoms. The third kappa shape index (κ3) is 6.74. The van der Waals surface area contributed by atoms with Crippen molar-refractivity contribution in [2.24, 2.45) is 11.5 Å². The minimum absolute atomic E-state index is 0.0871. The maximum absolute atomic E-state index is 10.7. The van der Waals surface area contributed by atoms with E-state index in [0.717, 1.165) is 11.1 Å². The molecule has 0 aromatic heterocycles. The van der Waals surface area contributed by atoms with Crippen LogP contribution in [0, 0.1) is 0 Å². The van der Waals surface area contributed by atoms with Crippen molar-refractivity contribution in [2.45, 2.75) is 19.3 Å². The molecule has 7 nitrogen and oxygen atoms in total. The number of aromatic hydroxyl groups is 4. The molecule has 140 valence electrons.